The summed E-state index contributed by atoms with van der Waals surface area (Å²) in [5.41, 5.74) is 0.688. The predicted octanol–water partition coefficient (Wildman–Crippen LogP) is 6.18. The zero-order valence-corrected chi connectivity index (χ0v) is 31.3. The third-order valence-corrected chi connectivity index (χ3v) is 10.6. The number of benzene rings is 6. The Hall–Kier alpha value is -6.23. The summed E-state index contributed by atoms with van der Waals surface area (Å²) in [4.78, 5) is -0.914. The minimum Gasteiger partial charge on any atom is -0.744 e. The Balaban J connectivity index is 1.32. The van der Waals surface area contributed by atoms with Gasteiger partial charge in [-0.1, -0.05) is 24.3 Å². The van der Waals surface area contributed by atoms with E-state index in [1.807, 2.05) is 0 Å². The molecular formula is C35H30N7O11S3-. The van der Waals surface area contributed by atoms with Gasteiger partial charge in [0.25, 0.3) is 0 Å². The number of nitrogens with two attached hydrogens (primary N) is 2. The highest BCUT2D eigenvalue weighted by atomic mass is 32.2. The van der Waals surface area contributed by atoms with Gasteiger partial charge in [-0.05, 0) is 95.1 Å². The van der Waals surface area contributed by atoms with Crippen molar-refractivity contribution in [2.75, 3.05) is 5.32 Å². The number of azo groups is 2. The monoisotopic (exact) mass is 820 g/mol. The summed E-state index contributed by atoms with van der Waals surface area (Å²) in [5, 5.41) is 72.4. The van der Waals surface area contributed by atoms with Gasteiger partial charge in [-0.15, -0.1) is 20.5 Å². The van der Waals surface area contributed by atoms with Crippen LogP contribution in [0.15, 0.2) is 110 Å². The Morgan fingerprint density at radius 3 is 1.95 bits per heavy atom. The van der Waals surface area contributed by atoms with E-state index in [-0.39, 0.29) is 50.5 Å². The van der Waals surface area contributed by atoms with Crippen LogP contribution < -0.4 is 15.6 Å². The van der Waals surface area contributed by atoms with Crippen LogP contribution in [0.25, 0.3) is 21.5 Å². The first-order valence-electron chi connectivity index (χ1n) is 15.9. The van der Waals surface area contributed by atoms with Gasteiger partial charge in [-0.25, -0.2) is 35.5 Å². The molecule has 9 N–H and O–H groups in total. The van der Waals surface area contributed by atoms with E-state index >= 15 is 0 Å². The van der Waals surface area contributed by atoms with Gasteiger partial charge in [0.15, 0.2) is 5.75 Å². The lowest BCUT2D eigenvalue weighted by atomic mass is 10.0. The molecule has 0 aliphatic heterocycles. The molecule has 6 aromatic carbocycles. The number of anilines is 2. The van der Waals surface area contributed by atoms with E-state index in [1.165, 1.54) is 54.6 Å². The van der Waals surface area contributed by atoms with E-state index in [0.717, 1.165) is 6.07 Å². The Labute approximate surface area is 319 Å². The van der Waals surface area contributed by atoms with Gasteiger partial charge in [-0.3, -0.25) is 0 Å². The molecule has 0 aromatic heterocycles. The third kappa shape index (κ3) is 8.83. The normalized spacial score (nSPS) is 12.6. The molecule has 0 heterocycles. The lowest BCUT2D eigenvalue weighted by molar-refractivity contribution is 0.458. The van der Waals surface area contributed by atoms with Gasteiger partial charge >= 0.3 is 0 Å². The van der Waals surface area contributed by atoms with Crippen LogP contribution in [-0.2, 0) is 41.7 Å². The number of phenols is 4. The van der Waals surface area contributed by atoms with Gasteiger partial charge in [0.05, 0.1) is 16.4 Å². The van der Waals surface area contributed by atoms with Crippen LogP contribution in [0.4, 0.5) is 34.1 Å². The average molecular weight is 821 g/mol. The van der Waals surface area contributed by atoms with Crippen molar-refractivity contribution >= 4 is 85.8 Å². The van der Waals surface area contributed by atoms with Crippen molar-refractivity contribution in [2.24, 2.45) is 30.7 Å². The highest BCUT2D eigenvalue weighted by molar-refractivity contribution is 7.88. The number of nitrogens with zero attached hydrogens (tertiary/aromatic N) is 4. The fraction of sp³-hybridized carbons (Fsp3) is 0.0857. The van der Waals surface area contributed by atoms with Gasteiger partial charge in [0, 0.05) is 22.1 Å². The van der Waals surface area contributed by atoms with Crippen molar-refractivity contribution in [1.82, 2.24) is 0 Å². The molecule has 290 valence electrons. The molecule has 0 amide bonds. The molecule has 56 heavy (non-hydrogen) atoms. The van der Waals surface area contributed by atoms with Crippen LogP contribution in [-0.4, -0.2) is 50.2 Å². The molecule has 0 saturated carbocycles. The number of nitrogens with one attached hydrogen (secondary N) is 1. The maximum absolute atomic E-state index is 12.5. The molecule has 0 atom stereocenters. The minimum absolute atomic E-state index is 0.0453. The Morgan fingerprint density at radius 2 is 1.27 bits per heavy atom. The quantitative estimate of drug-likeness (QED) is 0.0569. The summed E-state index contributed by atoms with van der Waals surface area (Å²) in [6.07, 6.45) is 0. The third-order valence-electron chi connectivity index (χ3n) is 8.26. The topological polar surface area (TPSA) is 320 Å². The lowest BCUT2D eigenvalue weighted by Gasteiger charge is -2.16. The first-order chi connectivity index (χ1) is 26.2. The molecule has 0 fully saturated rings. The average Bonchev–Trinajstić information content (AvgIpc) is 3.08. The van der Waals surface area contributed by atoms with E-state index in [1.54, 1.807) is 31.2 Å². The maximum atomic E-state index is 12.5. The molecule has 0 unspecified atom stereocenters. The van der Waals surface area contributed by atoms with Crippen LogP contribution in [0.5, 0.6) is 23.0 Å². The number of hydrogen-bond acceptors (Lipinski definition) is 16. The fourth-order valence-corrected chi connectivity index (χ4v) is 8.02. The Kier molecular flexibility index (Phi) is 10.4. The van der Waals surface area contributed by atoms with E-state index < -0.39 is 63.8 Å². The lowest BCUT2D eigenvalue weighted by Crippen LogP contribution is -2.14. The molecule has 0 radical (unpaired) electrons. The number of rotatable bonds is 11. The van der Waals surface area contributed by atoms with Gasteiger partial charge in [0.2, 0.25) is 20.0 Å². The van der Waals surface area contributed by atoms with Crippen molar-refractivity contribution < 1.29 is 50.2 Å². The molecule has 0 saturated heterocycles. The number of primary sulfonamides is 2. The minimum atomic E-state index is -5.31. The number of fused-ring (bicyclic) bond motifs is 2. The van der Waals surface area contributed by atoms with E-state index in [0.29, 0.717) is 27.7 Å². The van der Waals surface area contributed by atoms with Crippen LogP contribution in [0.1, 0.15) is 16.7 Å². The summed E-state index contributed by atoms with van der Waals surface area (Å²) >= 11 is 0. The van der Waals surface area contributed by atoms with Crippen molar-refractivity contribution in [3.8, 4) is 23.0 Å². The Bertz CT molecular complexity index is 2990. The van der Waals surface area contributed by atoms with Crippen molar-refractivity contribution in [3.63, 3.8) is 0 Å². The Morgan fingerprint density at radius 1 is 0.625 bits per heavy atom. The SMILES string of the molecule is Cc1cc(N=Nc2cc(CS(N)(=O)=O)ccc2O)c(O)c2ccc(Nc3ccc4c(S(=O)(=O)[O-])c(N=Nc5c(O)cccc5CS(N)(=O)=O)c(O)cc4c3)cc12. The largest absolute Gasteiger partial charge is 0.744 e. The van der Waals surface area contributed by atoms with Crippen molar-refractivity contribution in [3.05, 3.63) is 102 Å². The molecule has 0 aliphatic rings. The second-order valence-electron chi connectivity index (χ2n) is 12.5. The number of aromatic hydroxyl groups is 4. The summed E-state index contributed by atoms with van der Waals surface area (Å²) in [7, 11) is -13.2. The molecule has 6 aromatic rings. The van der Waals surface area contributed by atoms with Crippen LogP contribution >= 0.6 is 0 Å². The molecule has 0 aliphatic carbocycles. The first-order valence-corrected chi connectivity index (χ1v) is 20.8. The second kappa shape index (κ2) is 14.8. The highest BCUT2D eigenvalue weighted by Crippen LogP contribution is 2.44. The molecule has 6 rings (SSSR count). The summed E-state index contributed by atoms with van der Waals surface area (Å²) in [5.74, 6) is -3.02. The van der Waals surface area contributed by atoms with Crippen LogP contribution in [0, 0.1) is 6.92 Å². The second-order valence-corrected chi connectivity index (χ2v) is 17.1. The van der Waals surface area contributed by atoms with E-state index in [2.05, 4.69) is 25.8 Å². The van der Waals surface area contributed by atoms with Gasteiger partial charge in [-0.2, -0.15) is 0 Å². The molecular weight excluding hydrogens is 791 g/mol. The smallest absolute Gasteiger partial charge is 0.213 e. The number of aryl methyl sites for hydroxylation is 1. The first kappa shape index (κ1) is 39.5. The maximum Gasteiger partial charge on any atom is 0.213 e. The van der Waals surface area contributed by atoms with Crippen molar-refractivity contribution in [1.29, 1.82) is 0 Å². The van der Waals surface area contributed by atoms with Crippen molar-refractivity contribution in [2.45, 2.75) is 23.3 Å². The zero-order valence-electron chi connectivity index (χ0n) is 28.8. The summed E-state index contributed by atoms with van der Waals surface area (Å²) in [6, 6.07) is 19.6. The molecule has 18 nitrogen and oxygen atoms in total. The number of hydrogen-bond donors (Lipinski definition) is 7. The molecule has 0 spiro atoms. The van der Waals surface area contributed by atoms with Gasteiger partial charge in [0.1, 0.15) is 50.1 Å². The zero-order chi connectivity index (χ0) is 40.7. The fourth-order valence-electron chi connectivity index (χ4n) is 5.87. The predicted molar refractivity (Wildman–Crippen MR) is 205 cm³/mol. The van der Waals surface area contributed by atoms with Gasteiger partial charge < -0.3 is 30.3 Å². The van der Waals surface area contributed by atoms with E-state index in [4.69, 9.17) is 10.3 Å². The number of sulfonamides is 2. The summed E-state index contributed by atoms with van der Waals surface area (Å²) < 4.78 is 83.9. The standard InChI is InChI=1S/C35H31N7O11S3/c1-18-11-28(40-39-27-12-19(5-10-29(27)43)16-54(36,47)48)34(46)25-9-7-23(15-26(18)25)38-22-6-8-24-21(13-22)14-31(45)33(35(24)56(51,52)53)42-41-32-20(17-55(37,49)50)3-2-4-30(32)44/h2-15,38,43-46H,16-17H2,1H3,(H2,36,47,48)(H2,37,49,50)(H,51,52,53)/p-1. The van der Waals surface area contributed by atoms with Crippen LogP contribution in [0.3, 0.4) is 0 Å². The molecule has 21 heteroatoms. The van der Waals surface area contributed by atoms with Crippen LogP contribution in [0.2, 0.25) is 0 Å². The number of phenolic OH excluding ortho intramolecular Hbond substituents is 4. The molecule has 0 bridgehead atoms. The van der Waals surface area contributed by atoms with E-state index in [9.17, 15) is 50.2 Å². The summed E-state index contributed by atoms with van der Waals surface area (Å²) in [6.45, 7) is 1.76. The highest BCUT2D eigenvalue weighted by Gasteiger charge is 2.21.